The lowest BCUT2D eigenvalue weighted by molar-refractivity contribution is -0.123. The van der Waals surface area contributed by atoms with Gasteiger partial charge in [0.25, 0.3) is 5.91 Å². The Kier molecular flexibility index (Phi) is 7.48. The molecular formula is C20H23N5O4. The number of hydrogen-bond acceptors (Lipinski definition) is 6. The minimum atomic E-state index is -1.02. The van der Waals surface area contributed by atoms with E-state index in [-0.39, 0.29) is 18.0 Å². The topological polar surface area (TPSA) is 126 Å². The van der Waals surface area contributed by atoms with Gasteiger partial charge in [-0.1, -0.05) is 6.92 Å². The minimum Gasteiger partial charge on any atom is -0.449 e. The summed E-state index contributed by atoms with van der Waals surface area (Å²) in [5, 5.41) is 17.9. The molecule has 9 nitrogen and oxygen atoms in total. The minimum absolute atomic E-state index is 0.116. The summed E-state index contributed by atoms with van der Waals surface area (Å²) in [5.41, 5.74) is 0.679. The summed E-state index contributed by atoms with van der Waals surface area (Å²) >= 11 is 0. The van der Waals surface area contributed by atoms with Crippen LogP contribution in [0.2, 0.25) is 0 Å². The van der Waals surface area contributed by atoms with E-state index in [9.17, 15) is 14.4 Å². The van der Waals surface area contributed by atoms with Gasteiger partial charge in [0.15, 0.2) is 6.10 Å². The standard InChI is InChI=1S/C20H23N5O4/c1-4-13(2)25-17(10-12-22-25)24-19(27)14(3)29-20(28)15-5-7-16(8-6-15)23-18(26)9-11-21/h5-8,10,12-14H,4,9H2,1-3H3,(H,23,26)(H,24,27)/t13-,14-/m0/s1. The van der Waals surface area contributed by atoms with Crippen LogP contribution in [0, 0.1) is 11.3 Å². The molecule has 29 heavy (non-hydrogen) atoms. The maximum Gasteiger partial charge on any atom is 0.338 e. The zero-order chi connectivity index (χ0) is 21.4. The number of carbonyl (C=O) groups is 3. The highest BCUT2D eigenvalue weighted by Gasteiger charge is 2.21. The van der Waals surface area contributed by atoms with Gasteiger partial charge in [0.2, 0.25) is 5.91 Å². The molecule has 1 aromatic carbocycles. The lowest BCUT2D eigenvalue weighted by Gasteiger charge is -2.17. The molecule has 0 aliphatic heterocycles. The molecule has 0 aliphatic rings. The van der Waals surface area contributed by atoms with Crippen molar-refractivity contribution in [3.05, 3.63) is 42.1 Å². The van der Waals surface area contributed by atoms with Crippen molar-refractivity contribution in [2.75, 3.05) is 10.6 Å². The fraction of sp³-hybridized carbons (Fsp3) is 0.350. The molecule has 0 saturated heterocycles. The number of esters is 1. The molecular weight excluding hydrogens is 374 g/mol. The average molecular weight is 397 g/mol. The Labute approximate surface area is 168 Å². The normalized spacial score (nSPS) is 12.3. The van der Waals surface area contributed by atoms with Crippen LogP contribution in [-0.4, -0.2) is 33.7 Å². The van der Waals surface area contributed by atoms with Gasteiger partial charge in [-0.3, -0.25) is 9.59 Å². The number of anilines is 2. The van der Waals surface area contributed by atoms with Crippen LogP contribution in [0.25, 0.3) is 0 Å². The molecule has 0 radical (unpaired) electrons. The molecule has 2 atom stereocenters. The van der Waals surface area contributed by atoms with E-state index in [2.05, 4.69) is 15.7 Å². The van der Waals surface area contributed by atoms with Crippen LogP contribution in [0.4, 0.5) is 11.5 Å². The SMILES string of the molecule is CC[C@H](C)n1nccc1NC(=O)[C@H](C)OC(=O)c1ccc(NC(=O)CC#N)cc1. The molecule has 0 unspecified atom stereocenters. The number of nitrogens with one attached hydrogen (secondary N) is 2. The average Bonchev–Trinajstić information content (AvgIpc) is 3.16. The largest absolute Gasteiger partial charge is 0.449 e. The molecule has 1 heterocycles. The van der Waals surface area contributed by atoms with E-state index in [1.807, 2.05) is 13.8 Å². The van der Waals surface area contributed by atoms with E-state index in [1.165, 1.54) is 31.2 Å². The summed E-state index contributed by atoms with van der Waals surface area (Å²) in [7, 11) is 0. The van der Waals surface area contributed by atoms with Crippen LogP contribution in [-0.2, 0) is 14.3 Å². The molecule has 1 aromatic heterocycles. The van der Waals surface area contributed by atoms with Crippen molar-refractivity contribution in [3.63, 3.8) is 0 Å². The number of rotatable bonds is 8. The third kappa shape index (κ3) is 5.90. The molecule has 0 bridgehead atoms. The first-order valence-corrected chi connectivity index (χ1v) is 9.18. The first-order valence-electron chi connectivity index (χ1n) is 9.18. The second kappa shape index (κ2) is 10.0. The van der Waals surface area contributed by atoms with Gasteiger partial charge in [0, 0.05) is 11.8 Å². The molecule has 0 fully saturated rings. The summed E-state index contributed by atoms with van der Waals surface area (Å²) in [6, 6.07) is 9.50. The molecule has 0 aliphatic carbocycles. The Balaban J connectivity index is 1.94. The van der Waals surface area contributed by atoms with E-state index >= 15 is 0 Å². The molecule has 2 amide bonds. The number of nitrogens with zero attached hydrogens (tertiary/aromatic N) is 3. The highest BCUT2D eigenvalue weighted by molar-refractivity contribution is 5.97. The van der Waals surface area contributed by atoms with E-state index in [0.29, 0.717) is 11.5 Å². The number of nitriles is 1. The van der Waals surface area contributed by atoms with Gasteiger partial charge >= 0.3 is 5.97 Å². The van der Waals surface area contributed by atoms with E-state index in [0.717, 1.165) is 6.42 Å². The second-order valence-corrected chi connectivity index (χ2v) is 6.42. The van der Waals surface area contributed by atoms with Crippen LogP contribution in [0.5, 0.6) is 0 Å². The van der Waals surface area contributed by atoms with Gasteiger partial charge < -0.3 is 15.4 Å². The summed E-state index contributed by atoms with van der Waals surface area (Å²) in [6.07, 6.45) is 1.17. The van der Waals surface area contributed by atoms with Crippen LogP contribution >= 0.6 is 0 Å². The Morgan fingerprint density at radius 2 is 1.86 bits per heavy atom. The zero-order valence-electron chi connectivity index (χ0n) is 16.5. The first kappa shape index (κ1) is 21.6. The van der Waals surface area contributed by atoms with Gasteiger partial charge in [-0.15, -0.1) is 0 Å². The van der Waals surface area contributed by atoms with Gasteiger partial charge in [-0.05, 0) is 44.5 Å². The van der Waals surface area contributed by atoms with Crippen LogP contribution in [0.1, 0.15) is 50.0 Å². The van der Waals surface area contributed by atoms with Gasteiger partial charge in [-0.2, -0.15) is 10.4 Å². The summed E-state index contributed by atoms with van der Waals surface area (Å²) < 4.78 is 6.92. The van der Waals surface area contributed by atoms with Gasteiger partial charge in [-0.25, -0.2) is 9.48 Å². The fourth-order valence-corrected chi connectivity index (χ4v) is 2.41. The predicted octanol–water partition coefficient (Wildman–Crippen LogP) is 2.89. The van der Waals surface area contributed by atoms with Crippen molar-refractivity contribution in [1.82, 2.24) is 9.78 Å². The van der Waals surface area contributed by atoms with Crippen molar-refractivity contribution in [3.8, 4) is 6.07 Å². The summed E-state index contributed by atoms with van der Waals surface area (Å²) in [6.45, 7) is 5.48. The third-order valence-electron chi connectivity index (χ3n) is 4.23. The molecule has 152 valence electrons. The monoisotopic (exact) mass is 397 g/mol. The summed E-state index contributed by atoms with van der Waals surface area (Å²) in [5.74, 6) is -1.05. The molecule has 0 saturated carbocycles. The molecule has 2 aromatic rings. The van der Waals surface area contributed by atoms with Crippen molar-refractivity contribution < 1.29 is 19.1 Å². The van der Waals surface area contributed by atoms with E-state index in [1.54, 1.807) is 23.0 Å². The van der Waals surface area contributed by atoms with Crippen molar-refractivity contribution in [2.24, 2.45) is 0 Å². The first-order chi connectivity index (χ1) is 13.8. The number of hydrogen-bond donors (Lipinski definition) is 2. The maximum atomic E-state index is 12.4. The molecule has 9 heteroatoms. The quantitative estimate of drug-likeness (QED) is 0.660. The van der Waals surface area contributed by atoms with Crippen molar-refractivity contribution >= 4 is 29.3 Å². The number of aromatic nitrogens is 2. The Bertz CT molecular complexity index is 914. The number of carbonyl (C=O) groups excluding carboxylic acids is 3. The molecule has 0 spiro atoms. The highest BCUT2D eigenvalue weighted by Crippen LogP contribution is 2.17. The predicted molar refractivity (Wildman–Crippen MR) is 106 cm³/mol. The lowest BCUT2D eigenvalue weighted by Crippen LogP contribution is -2.31. The van der Waals surface area contributed by atoms with Crippen LogP contribution in [0.3, 0.4) is 0 Å². The second-order valence-electron chi connectivity index (χ2n) is 6.42. The maximum absolute atomic E-state index is 12.4. The lowest BCUT2D eigenvalue weighted by atomic mass is 10.2. The Morgan fingerprint density at radius 1 is 1.17 bits per heavy atom. The fourth-order valence-electron chi connectivity index (χ4n) is 2.41. The number of benzene rings is 1. The van der Waals surface area contributed by atoms with Crippen molar-refractivity contribution in [1.29, 1.82) is 5.26 Å². The van der Waals surface area contributed by atoms with E-state index < -0.39 is 23.9 Å². The summed E-state index contributed by atoms with van der Waals surface area (Å²) in [4.78, 5) is 36.0. The Hall–Kier alpha value is -3.67. The number of amides is 2. The Morgan fingerprint density at radius 3 is 2.48 bits per heavy atom. The molecule has 2 rings (SSSR count). The van der Waals surface area contributed by atoms with Crippen LogP contribution < -0.4 is 10.6 Å². The zero-order valence-corrected chi connectivity index (χ0v) is 16.5. The van der Waals surface area contributed by atoms with Crippen molar-refractivity contribution in [2.45, 2.75) is 45.8 Å². The highest BCUT2D eigenvalue weighted by atomic mass is 16.5. The van der Waals surface area contributed by atoms with Gasteiger partial charge in [0.1, 0.15) is 12.2 Å². The van der Waals surface area contributed by atoms with E-state index in [4.69, 9.17) is 10.00 Å². The van der Waals surface area contributed by atoms with Gasteiger partial charge in [0.05, 0.1) is 23.9 Å². The molecule has 2 N–H and O–H groups in total. The third-order valence-corrected chi connectivity index (χ3v) is 4.23. The van der Waals surface area contributed by atoms with Crippen LogP contribution in [0.15, 0.2) is 36.5 Å². The smallest absolute Gasteiger partial charge is 0.338 e. The number of ether oxygens (including phenoxy) is 1.